The van der Waals surface area contributed by atoms with Gasteiger partial charge in [-0.2, -0.15) is 0 Å². The molecule has 6 nitrogen and oxygen atoms in total. The van der Waals surface area contributed by atoms with E-state index in [0.717, 1.165) is 6.42 Å². The Morgan fingerprint density at radius 1 is 1.17 bits per heavy atom. The Bertz CT molecular complexity index is 591. The summed E-state index contributed by atoms with van der Waals surface area (Å²) in [5.74, 6) is -0.424. The van der Waals surface area contributed by atoms with Crippen molar-refractivity contribution in [3.05, 3.63) is 12.2 Å². The second-order valence-corrected chi connectivity index (χ2v) is 15.4. The number of carbonyl (C=O) groups is 1. The third-order valence-corrected chi connectivity index (χ3v) is 11.5. The fourth-order valence-corrected chi connectivity index (χ4v) is 9.93. The molecular formula is C22H40O6Si. The molecule has 168 valence electrons. The Balaban J connectivity index is 2.13. The van der Waals surface area contributed by atoms with Crippen molar-refractivity contribution in [1.82, 2.24) is 0 Å². The van der Waals surface area contributed by atoms with Gasteiger partial charge in [-0.15, -0.1) is 0 Å². The maximum Gasteiger partial charge on any atom is 0.349 e. The van der Waals surface area contributed by atoms with Crippen LogP contribution in [-0.2, 0) is 23.1 Å². The molecule has 6 atom stereocenters. The van der Waals surface area contributed by atoms with Crippen molar-refractivity contribution in [2.75, 3.05) is 13.7 Å². The molecule has 2 fully saturated rings. The van der Waals surface area contributed by atoms with Crippen molar-refractivity contribution in [1.29, 1.82) is 0 Å². The fourth-order valence-electron chi connectivity index (χ4n) is 4.96. The minimum atomic E-state index is -2.52. The molecular weight excluding hydrogens is 388 g/mol. The zero-order valence-electron chi connectivity index (χ0n) is 19.5. The lowest BCUT2D eigenvalue weighted by molar-refractivity contribution is -0.197. The van der Waals surface area contributed by atoms with Crippen LogP contribution in [0.4, 0.5) is 0 Å². The first-order valence-electron chi connectivity index (χ1n) is 10.6. The summed E-state index contributed by atoms with van der Waals surface area (Å²) in [6, 6.07) is 0. The van der Waals surface area contributed by atoms with Crippen molar-refractivity contribution >= 4 is 14.5 Å². The number of ether oxygens (including phenoxy) is 2. The second-order valence-electron chi connectivity index (χ2n) is 10.7. The number of fused-ring (bicyclic) bond motifs is 1. The number of rotatable bonds is 4. The highest BCUT2D eigenvalue weighted by Crippen LogP contribution is 2.55. The van der Waals surface area contributed by atoms with Gasteiger partial charge in [0.1, 0.15) is 6.10 Å². The van der Waals surface area contributed by atoms with Crippen LogP contribution in [0.1, 0.15) is 61.8 Å². The zero-order chi connectivity index (χ0) is 22.2. The molecule has 0 radical (unpaired) electrons. The van der Waals surface area contributed by atoms with Crippen LogP contribution in [0.5, 0.6) is 0 Å². The number of aliphatic hydroxyl groups excluding tert-OH is 1. The van der Waals surface area contributed by atoms with Gasteiger partial charge in [-0.05, 0) is 18.4 Å². The lowest BCUT2D eigenvalue weighted by Gasteiger charge is -2.57. The standard InChI is InChI=1S/C22H40O6Si/c1-14-12-17-18(13-26-29(28-17,21(3,4)5)22(6,7)8)27-20(14)15(2)16(23)10-11-19(24)25-9/h10-11,14-18,20,23H,12-13H2,1-9H3/b11-10+/t14-,15+,16-,17+,18+,20+/m0/s1. The van der Waals surface area contributed by atoms with E-state index >= 15 is 0 Å². The Morgan fingerprint density at radius 3 is 2.28 bits per heavy atom. The predicted octanol–water partition coefficient (Wildman–Crippen LogP) is 3.96. The predicted molar refractivity (Wildman–Crippen MR) is 115 cm³/mol. The molecule has 0 spiro atoms. The van der Waals surface area contributed by atoms with Crippen LogP contribution in [-0.4, -0.2) is 57.8 Å². The van der Waals surface area contributed by atoms with Crippen LogP contribution in [0.25, 0.3) is 0 Å². The summed E-state index contributed by atoms with van der Waals surface area (Å²) in [6.07, 6.45) is 2.55. The maximum absolute atomic E-state index is 11.3. The van der Waals surface area contributed by atoms with Gasteiger partial charge in [0.25, 0.3) is 0 Å². The van der Waals surface area contributed by atoms with Crippen molar-refractivity contribution in [2.24, 2.45) is 11.8 Å². The number of aliphatic hydroxyl groups is 1. The quantitative estimate of drug-likeness (QED) is 0.415. The third-order valence-electron chi connectivity index (χ3n) is 6.34. The molecule has 2 aliphatic rings. The van der Waals surface area contributed by atoms with Gasteiger partial charge in [-0.25, -0.2) is 4.79 Å². The smallest absolute Gasteiger partial charge is 0.349 e. The Kier molecular flexibility index (Phi) is 7.44. The van der Waals surface area contributed by atoms with E-state index < -0.39 is 20.6 Å². The molecule has 0 aliphatic carbocycles. The molecule has 2 saturated heterocycles. The highest BCUT2D eigenvalue weighted by atomic mass is 28.4. The lowest BCUT2D eigenvalue weighted by Crippen LogP contribution is -2.67. The van der Waals surface area contributed by atoms with Crippen LogP contribution < -0.4 is 0 Å². The van der Waals surface area contributed by atoms with Gasteiger partial charge in [0.2, 0.25) is 0 Å². The summed E-state index contributed by atoms with van der Waals surface area (Å²) in [5, 5.41) is 10.4. The summed E-state index contributed by atoms with van der Waals surface area (Å²) in [7, 11) is -1.20. The van der Waals surface area contributed by atoms with Gasteiger partial charge in [0, 0.05) is 22.1 Å². The van der Waals surface area contributed by atoms with E-state index in [1.165, 1.54) is 19.3 Å². The molecule has 0 saturated carbocycles. The first-order valence-corrected chi connectivity index (χ1v) is 12.5. The normalized spacial score (nSPS) is 32.5. The maximum atomic E-state index is 11.3. The molecule has 0 aromatic rings. The molecule has 2 heterocycles. The first kappa shape index (κ1) is 24.5. The monoisotopic (exact) mass is 428 g/mol. The number of hydrogen-bond donors (Lipinski definition) is 1. The minimum absolute atomic E-state index is 0.00932. The Labute approximate surface area is 177 Å². The fraction of sp³-hybridized carbons (Fsp3) is 0.864. The molecule has 2 rings (SSSR count). The lowest BCUT2D eigenvalue weighted by atomic mass is 9.82. The molecule has 0 unspecified atom stereocenters. The van der Waals surface area contributed by atoms with E-state index in [1.807, 2.05) is 6.92 Å². The van der Waals surface area contributed by atoms with E-state index in [0.29, 0.717) is 6.61 Å². The van der Waals surface area contributed by atoms with Gasteiger partial charge in [-0.3, -0.25) is 0 Å². The van der Waals surface area contributed by atoms with Crippen molar-refractivity contribution in [3.63, 3.8) is 0 Å². The van der Waals surface area contributed by atoms with Crippen molar-refractivity contribution < 1.29 is 28.2 Å². The number of carbonyl (C=O) groups excluding carboxylic acids is 1. The minimum Gasteiger partial charge on any atom is -0.466 e. The molecule has 1 N–H and O–H groups in total. The van der Waals surface area contributed by atoms with Gasteiger partial charge in [-0.1, -0.05) is 55.4 Å². The summed E-state index contributed by atoms with van der Waals surface area (Å²) >= 11 is 0. The highest BCUT2D eigenvalue weighted by molar-refractivity contribution is 6.73. The number of esters is 1. The second kappa shape index (κ2) is 8.79. The highest BCUT2D eigenvalue weighted by Gasteiger charge is 2.62. The molecule has 2 aliphatic heterocycles. The topological polar surface area (TPSA) is 74.2 Å². The van der Waals surface area contributed by atoms with Crippen molar-refractivity contribution in [2.45, 2.75) is 96.3 Å². The molecule has 0 aromatic carbocycles. The summed E-state index contributed by atoms with van der Waals surface area (Å²) < 4.78 is 24.3. The average Bonchev–Trinajstić information content (AvgIpc) is 2.62. The van der Waals surface area contributed by atoms with Crippen LogP contribution >= 0.6 is 0 Å². The molecule has 7 heteroatoms. The number of methoxy groups -OCH3 is 1. The van der Waals surface area contributed by atoms with Gasteiger partial charge < -0.3 is 23.4 Å². The van der Waals surface area contributed by atoms with Gasteiger partial charge >= 0.3 is 14.5 Å². The SMILES string of the molecule is COC(=O)/C=C/[C@H](O)[C@@H](C)[C@@H]1O[C@@H]2CO[Si](C(C)(C)C)(C(C)(C)C)O[C@@H]2C[C@@H]1C. The molecule has 0 amide bonds. The van der Waals surface area contributed by atoms with Crippen LogP contribution in [0.15, 0.2) is 12.2 Å². The van der Waals surface area contributed by atoms with E-state index in [1.54, 1.807) is 0 Å². The van der Waals surface area contributed by atoms with Crippen molar-refractivity contribution in [3.8, 4) is 0 Å². The summed E-state index contributed by atoms with van der Waals surface area (Å²) in [5.41, 5.74) is 0. The average molecular weight is 429 g/mol. The largest absolute Gasteiger partial charge is 0.466 e. The Morgan fingerprint density at radius 2 is 1.76 bits per heavy atom. The first-order chi connectivity index (χ1) is 13.2. The van der Waals surface area contributed by atoms with E-state index in [9.17, 15) is 9.90 Å². The summed E-state index contributed by atoms with van der Waals surface area (Å²) in [4.78, 5) is 11.3. The number of hydrogen-bond acceptors (Lipinski definition) is 6. The van der Waals surface area contributed by atoms with E-state index in [2.05, 4.69) is 53.2 Å². The van der Waals surface area contributed by atoms with Crippen LogP contribution in [0.3, 0.4) is 0 Å². The molecule has 0 bridgehead atoms. The van der Waals surface area contributed by atoms with E-state index in [-0.39, 0.29) is 40.2 Å². The van der Waals surface area contributed by atoms with Gasteiger partial charge in [0.15, 0.2) is 0 Å². The van der Waals surface area contributed by atoms with Crippen LogP contribution in [0, 0.1) is 11.8 Å². The molecule has 0 aromatic heterocycles. The van der Waals surface area contributed by atoms with E-state index in [4.69, 9.17) is 13.6 Å². The third kappa shape index (κ3) is 4.96. The zero-order valence-corrected chi connectivity index (χ0v) is 20.5. The Hall–Kier alpha value is -0.733. The summed E-state index contributed by atoms with van der Waals surface area (Å²) in [6.45, 7) is 17.9. The molecule has 29 heavy (non-hydrogen) atoms. The van der Waals surface area contributed by atoms with Crippen LogP contribution in [0.2, 0.25) is 10.1 Å². The van der Waals surface area contributed by atoms with Gasteiger partial charge in [0.05, 0.1) is 32.0 Å².